The molecule has 0 saturated carbocycles. The van der Waals surface area contributed by atoms with E-state index in [1.165, 1.54) is 12.5 Å². The first kappa shape index (κ1) is 12.1. The van der Waals surface area contributed by atoms with Crippen molar-refractivity contribution in [2.45, 2.75) is 17.7 Å². The summed E-state index contributed by atoms with van der Waals surface area (Å²) in [6.07, 6.45) is 1.47. The number of methoxy groups -OCH3 is 1. The summed E-state index contributed by atoms with van der Waals surface area (Å²) >= 11 is 0. The Morgan fingerprint density at radius 1 is 1.35 bits per heavy atom. The summed E-state index contributed by atoms with van der Waals surface area (Å²) in [6.45, 7) is 0.558. The van der Waals surface area contributed by atoms with Crippen LogP contribution in [0.1, 0.15) is 18.4 Å². The Hall–Kier alpha value is -1.33. The first-order chi connectivity index (χ1) is 8.08. The molecule has 5 heteroatoms. The molecule has 0 aromatic heterocycles. The normalized spacial score (nSPS) is 16.5. The number of nitrogens with two attached hydrogens (primary N) is 1. The Bertz CT molecular complexity index is 561. The number of benzene rings is 1. The van der Waals surface area contributed by atoms with Crippen LogP contribution in [0.4, 0.5) is 0 Å². The highest BCUT2D eigenvalue weighted by Crippen LogP contribution is 2.37. The third-order valence-corrected chi connectivity index (χ3v) is 4.33. The van der Waals surface area contributed by atoms with Crippen LogP contribution in [0.5, 0.6) is 5.75 Å². The van der Waals surface area contributed by atoms with Gasteiger partial charge >= 0.3 is 0 Å². The third-order valence-electron chi connectivity index (χ3n) is 2.79. The molecule has 1 heterocycles. The molecule has 92 valence electrons. The summed E-state index contributed by atoms with van der Waals surface area (Å²) in [4.78, 5) is 0.337. The zero-order chi connectivity index (χ0) is 12.5. The maximum absolute atomic E-state index is 11.9. The largest absolute Gasteiger partial charge is 0.497 e. The second kappa shape index (κ2) is 4.50. The molecule has 17 heavy (non-hydrogen) atoms. The monoisotopic (exact) mass is 253 g/mol. The van der Waals surface area contributed by atoms with Gasteiger partial charge in [0.1, 0.15) is 5.75 Å². The molecule has 2 N–H and O–H groups in total. The zero-order valence-electron chi connectivity index (χ0n) is 9.64. The summed E-state index contributed by atoms with van der Waals surface area (Å²) in [5.41, 5.74) is 7.06. The second-order valence-corrected chi connectivity index (χ2v) is 5.71. The molecule has 0 unspecified atom stereocenters. The molecule has 2 rings (SSSR count). The van der Waals surface area contributed by atoms with Gasteiger partial charge in [-0.1, -0.05) is 0 Å². The predicted octanol–water partition coefficient (Wildman–Crippen LogP) is 1.56. The van der Waals surface area contributed by atoms with Crippen molar-refractivity contribution in [2.75, 3.05) is 13.7 Å². The lowest BCUT2D eigenvalue weighted by Gasteiger charge is -2.05. The molecular weight excluding hydrogens is 238 g/mol. The van der Waals surface area contributed by atoms with Crippen LogP contribution >= 0.6 is 0 Å². The van der Waals surface area contributed by atoms with Crippen LogP contribution in [-0.2, 0) is 9.84 Å². The lowest BCUT2D eigenvalue weighted by molar-refractivity contribution is 0.413. The average molecular weight is 253 g/mol. The van der Waals surface area contributed by atoms with E-state index in [1.54, 1.807) is 18.2 Å². The number of hydrogen-bond acceptors (Lipinski definition) is 4. The molecule has 0 atom stereocenters. The number of sulfone groups is 1. The highest BCUT2D eigenvalue weighted by molar-refractivity contribution is 7.95. The van der Waals surface area contributed by atoms with E-state index in [4.69, 9.17) is 10.5 Å². The van der Waals surface area contributed by atoms with Gasteiger partial charge < -0.3 is 10.5 Å². The van der Waals surface area contributed by atoms with E-state index >= 15 is 0 Å². The van der Waals surface area contributed by atoms with Crippen LogP contribution < -0.4 is 10.5 Å². The van der Waals surface area contributed by atoms with Gasteiger partial charge in [0.2, 0.25) is 9.84 Å². The molecule has 0 bridgehead atoms. The van der Waals surface area contributed by atoms with Crippen molar-refractivity contribution in [3.05, 3.63) is 29.2 Å². The summed E-state index contributed by atoms with van der Waals surface area (Å²) in [5.74, 6) is 0.556. The van der Waals surface area contributed by atoms with Crippen LogP contribution in [0.15, 0.2) is 28.5 Å². The van der Waals surface area contributed by atoms with Crippen molar-refractivity contribution in [3.63, 3.8) is 0 Å². The molecular formula is C12H15NO3S. The van der Waals surface area contributed by atoms with Gasteiger partial charge in [0.15, 0.2) is 0 Å². The molecule has 1 aromatic rings. The maximum Gasteiger partial charge on any atom is 0.200 e. The lowest BCUT2D eigenvalue weighted by atomic mass is 10.0. The van der Waals surface area contributed by atoms with Crippen LogP contribution in [-0.4, -0.2) is 22.1 Å². The van der Waals surface area contributed by atoms with Crippen LogP contribution in [0.3, 0.4) is 0 Å². The molecule has 1 aromatic carbocycles. The van der Waals surface area contributed by atoms with E-state index in [1.807, 2.05) is 0 Å². The van der Waals surface area contributed by atoms with E-state index < -0.39 is 9.84 Å². The molecule has 0 amide bonds. The van der Waals surface area contributed by atoms with Crippen molar-refractivity contribution >= 4 is 15.4 Å². The highest BCUT2D eigenvalue weighted by atomic mass is 32.2. The third kappa shape index (κ3) is 2.21. The minimum absolute atomic E-state index is 0.337. The molecule has 0 saturated heterocycles. The van der Waals surface area contributed by atoms with Crippen molar-refractivity contribution in [1.29, 1.82) is 0 Å². The number of ether oxygens (including phenoxy) is 1. The average Bonchev–Trinajstić information content (AvgIpc) is 2.58. The van der Waals surface area contributed by atoms with Gasteiger partial charge in [-0.3, -0.25) is 0 Å². The van der Waals surface area contributed by atoms with Gasteiger partial charge in [0.05, 0.1) is 12.0 Å². The minimum Gasteiger partial charge on any atom is -0.497 e. The highest BCUT2D eigenvalue weighted by Gasteiger charge is 2.26. The molecule has 0 fully saturated rings. The first-order valence-corrected chi connectivity index (χ1v) is 6.97. The van der Waals surface area contributed by atoms with Gasteiger partial charge in [0.25, 0.3) is 0 Å². The Morgan fingerprint density at radius 3 is 2.76 bits per heavy atom. The molecule has 0 radical (unpaired) electrons. The van der Waals surface area contributed by atoms with E-state index in [0.717, 1.165) is 17.6 Å². The van der Waals surface area contributed by atoms with Crippen molar-refractivity contribution in [3.8, 4) is 5.75 Å². The van der Waals surface area contributed by atoms with Crippen LogP contribution in [0.25, 0.3) is 5.57 Å². The Balaban J connectivity index is 2.45. The Labute approximate surface area is 101 Å². The first-order valence-electron chi connectivity index (χ1n) is 5.42. The fourth-order valence-electron chi connectivity index (χ4n) is 1.93. The van der Waals surface area contributed by atoms with Gasteiger partial charge in [-0.2, -0.15) is 0 Å². The maximum atomic E-state index is 11.9. The second-order valence-electron chi connectivity index (χ2n) is 3.94. The van der Waals surface area contributed by atoms with Gasteiger partial charge in [-0.25, -0.2) is 8.42 Å². The van der Waals surface area contributed by atoms with Gasteiger partial charge in [0, 0.05) is 5.41 Å². The lowest BCUT2D eigenvalue weighted by Crippen LogP contribution is -1.98. The fourth-order valence-corrected chi connectivity index (χ4v) is 3.46. The Kier molecular flexibility index (Phi) is 3.22. The summed E-state index contributed by atoms with van der Waals surface area (Å²) < 4.78 is 28.9. The van der Waals surface area contributed by atoms with E-state index in [0.29, 0.717) is 23.6 Å². The van der Waals surface area contributed by atoms with Crippen molar-refractivity contribution < 1.29 is 13.2 Å². The Morgan fingerprint density at radius 2 is 2.12 bits per heavy atom. The van der Waals surface area contributed by atoms with Crippen LogP contribution in [0, 0.1) is 0 Å². The standard InChI is InChI=1S/C12H15NO3S/c1-16-10-4-5-11-9(3-2-6-13)8-17(14,15)12(11)7-10/h4-5,7-8H,2-3,6,13H2,1H3. The number of allylic oxidation sites excluding steroid dienone is 1. The van der Waals surface area contributed by atoms with Crippen molar-refractivity contribution in [2.24, 2.45) is 5.73 Å². The minimum atomic E-state index is -3.30. The number of fused-ring (bicyclic) bond motifs is 1. The topological polar surface area (TPSA) is 69.4 Å². The van der Waals surface area contributed by atoms with Gasteiger partial charge in [-0.15, -0.1) is 0 Å². The summed E-state index contributed by atoms with van der Waals surface area (Å²) in [5, 5.41) is 1.34. The SMILES string of the molecule is COc1ccc2c(c1)S(=O)(=O)C=C2CCCN. The molecule has 4 nitrogen and oxygen atoms in total. The fraction of sp³-hybridized carbons (Fsp3) is 0.333. The van der Waals surface area contributed by atoms with E-state index in [9.17, 15) is 8.42 Å². The summed E-state index contributed by atoms with van der Waals surface area (Å²) in [7, 11) is -1.78. The molecule has 1 aliphatic rings. The summed E-state index contributed by atoms with van der Waals surface area (Å²) in [6, 6.07) is 5.13. The molecule has 0 aliphatic carbocycles. The van der Waals surface area contributed by atoms with Crippen molar-refractivity contribution in [1.82, 2.24) is 0 Å². The smallest absolute Gasteiger partial charge is 0.200 e. The number of rotatable bonds is 4. The number of hydrogen-bond donors (Lipinski definition) is 1. The zero-order valence-corrected chi connectivity index (χ0v) is 10.5. The quantitative estimate of drug-likeness (QED) is 0.884. The predicted molar refractivity (Wildman–Crippen MR) is 66.4 cm³/mol. The molecule has 1 aliphatic heterocycles. The molecule has 0 spiro atoms. The van der Waals surface area contributed by atoms with Gasteiger partial charge in [-0.05, 0) is 48.7 Å². The van der Waals surface area contributed by atoms with Crippen LogP contribution in [0.2, 0.25) is 0 Å². The van der Waals surface area contributed by atoms with E-state index in [-0.39, 0.29) is 0 Å². The van der Waals surface area contributed by atoms with E-state index in [2.05, 4.69) is 0 Å².